The van der Waals surface area contributed by atoms with Gasteiger partial charge in [-0.25, -0.2) is 9.99 Å². The number of rotatable bonds is 4. The zero-order chi connectivity index (χ0) is 23.4. The lowest BCUT2D eigenvalue weighted by Gasteiger charge is -2.28. The fraction of sp³-hybridized carbons (Fsp3) is 0.231. The average Bonchev–Trinajstić information content (AvgIpc) is 3.52. The molecule has 2 aliphatic heterocycles. The number of fused-ring (bicyclic) bond motifs is 3. The van der Waals surface area contributed by atoms with E-state index in [1.807, 2.05) is 29.3 Å². The maximum atomic E-state index is 13.5. The number of hydrogen-bond acceptors (Lipinski definition) is 3. The highest BCUT2D eigenvalue weighted by atomic mass is 79.9. The molecular weight excluding hydrogens is 535 g/mol. The summed E-state index contributed by atoms with van der Waals surface area (Å²) in [5.41, 5.74) is 4.39. The summed E-state index contributed by atoms with van der Waals surface area (Å²) >= 11 is 15.9. The van der Waals surface area contributed by atoms with Gasteiger partial charge in [0, 0.05) is 28.2 Å². The molecule has 5 nitrogen and oxygen atoms in total. The van der Waals surface area contributed by atoms with Crippen molar-refractivity contribution >= 4 is 56.1 Å². The van der Waals surface area contributed by atoms with Gasteiger partial charge in [0.1, 0.15) is 5.82 Å². The summed E-state index contributed by atoms with van der Waals surface area (Å²) in [4.78, 5) is 21.5. The van der Waals surface area contributed by atoms with Gasteiger partial charge in [-0.3, -0.25) is 9.80 Å². The van der Waals surface area contributed by atoms with E-state index in [0.29, 0.717) is 27.5 Å². The summed E-state index contributed by atoms with van der Waals surface area (Å²) in [6.07, 6.45) is 3.01. The molecule has 3 aromatic carbocycles. The van der Waals surface area contributed by atoms with Crippen molar-refractivity contribution in [3.05, 3.63) is 86.3 Å². The highest BCUT2D eigenvalue weighted by molar-refractivity contribution is 9.10. The zero-order valence-electron chi connectivity index (χ0n) is 18.1. The van der Waals surface area contributed by atoms with Gasteiger partial charge in [0.05, 0.1) is 27.1 Å². The van der Waals surface area contributed by atoms with Gasteiger partial charge in [-0.2, -0.15) is 0 Å². The van der Waals surface area contributed by atoms with Gasteiger partial charge in [0.25, 0.3) is 5.91 Å². The van der Waals surface area contributed by atoms with Gasteiger partial charge in [0.2, 0.25) is 0 Å². The van der Waals surface area contributed by atoms with Crippen molar-refractivity contribution in [2.24, 2.45) is 0 Å². The molecule has 0 spiro atoms. The Balaban J connectivity index is 1.25. The molecule has 4 aromatic rings. The van der Waals surface area contributed by atoms with E-state index >= 15 is 0 Å². The van der Waals surface area contributed by atoms with E-state index in [4.69, 9.17) is 23.2 Å². The number of nitrogens with zero attached hydrogens (tertiary/aromatic N) is 3. The van der Waals surface area contributed by atoms with Crippen LogP contribution in [0.3, 0.4) is 0 Å². The van der Waals surface area contributed by atoms with Crippen molar-refractivity contribution in [1.82, 2.24) is 20.0 Å². The molecule has 0 saturated carbocycles. The number of piperidine rings is 1. The molecule has 3 heterocycles. The Morgan fingerprint density at radius 3 is 2.68 bits per heavy atom. The average molecular weight is 556 g/mol. The molecule has 2 fully saturated rings. The quantitative estimate of drug-likeness (QED) is 0.303. The zero-order valence-corrected chi connectivity index (χ0v) is 21.2. The number of H-pyrrole nitrogens is 1. The Bertz CT molecular complexity index is 1370. The second-order valence-electron chi connectivity index (χ2n) is 8.90. The highest BCUT2D eigenvalue weighted by Crippen LogP contribution is 2.38. The van der Waals surface area contributed by atoms with Crippen LogP contribution in [0, 0.1) is 0 Å². The van der Waals surface area contributed by atoms with E-state index in [-0.39, 0.29) is 11.9 Å². The molecule has 2 bridgehead atoms. The Morgan fingerprint density at radius 2 is 1.88 bits per heavy atom. The van der Waals surface area contributed by atoms with Crippen LogP contribution in [-0.2, 0) is 6.42 Å². The van der Waals surface area contributed by atoms with E-state index in [1.165, 1.54) is 5.56 Å². The molecule has 1 amide bonds. The van der Waals surface area contributed by atoms with E-state index in [1.54, 1.807) is 12.1 Å². The second kappa shape index (κ2) is 8.68. The van der Waals surface area contributed by atoms with Crippen molar-refractivity contribution < 1.29 is 4.79 Å². The van der Waals surface area contributed by atoms with Crippen LogP contribution in [-0.4, -0.2) is 44.5 Å². The second-order valence-corrected chi connectivity index (χ2v) is 10.6. The summed E-state index contributed by atoms with van der Waals surface area (Å²) in [6, 6.07) is 20.3. The minimum Gasteiger partial charge on any atom is -0.338 e. The molecule has 0 radical (unpaired) electrons. The van der Waals surface area contributed by atoms with Crippen molar-refractivity contribution in [2.45, 2.75) is 31.3 Å². The van der Waals surface area contributed by atoms with Crippen molar-refractivity contribution in [1.29, 1.82) is 0 Å². The molecule has 3 unspecified atom stereocenters. The van der Waals surface area contributed by atoms with Crippen molar-refractivity contribution in [3.63, 3.8) is 0 Å². The third-order valence-electron chi connectivity index (χ3n) is 6.80. The number of amides is 1. The van der Waals surface area contributed by atoms with Gasteiger partial charge in [-0.05, 0) is 55.2 Å². The molecule has 3 atom stereocenters. The first-order valence-electron chi connectivity index (χ1n) is 11.3. The van der Waals surface area contributed by atoms with Crippen LogP contribution in [0.5, 0.6) is 0 Å². The number of halogens is 3. The number of benzene rings is 3. The normalized spacial score (nSPS) is 21.5. The molecule has 1 aromatic heterocycles. The fourth-order valence-electron chi connectivity index (χ4n) is 5.20. The molecule has 172 valence electrons. The SMILES string of the molecule is O=C(c1ccc(-c2nc3cc(Cl)c(Cl)cc3[nH]2)c(Br)c1)N1C2CCN1C(Cc1ccccc1)C2. The molecule has 1 N–H and O–H groups in total. The van der Waals surface area contributed by atoms with E-state index < -0.39 is 0 Å². The van der Waals surface area contributed by atoms with Crippen LogP contribution in [0.1, 0.15) is 28.8 Å². The van der Waals surface area contributed by atoms with Crippen LogP contribution < -0.4 is 0 Å². The number of carbonyl (C=O) groups excluding carboxylic acids is 1. The largest absolute Gasteiger partial charge is 0.338 e. The predicted molar refractivity (Wildman–Crippen MR) is 139 cm³/mol. The van der Waals surface area contributed by atoms with E-state index in [0.717, 1.165) is 46.9 Å². The molecule has 8 heteroatoms. The topological polar surface area (TPSA) is 52.2 Å². The lowest BCUT2D eigenvalue weighted by Crippen LogP contribution is -2.42. The van der Waals surface area contributed by atoms with Gasteiger partial charge in [0.15, 0.2) is 0 Å². The Labute approximate surface area is 215 Å². The summed E-state index contributed by atoms with van der Waals surface area (Å²) in [7, 11) is 0. The number of aromatic nitrogens is 2. The van der Waals surface area contributed by atoms with Crippen LogP contribution >= 0.6 is 39.1 Å². The number of imidazole rings is 1. The van der Waals surface area contributed by atoms with Gasteiger partial charge in [-0.1, -0.05) is 69.5 Å². The maximum absolute atomic E-state index is 13.5. The molecular formula is C26H21BrCl2N4O. The summed E-state index contributed by atoms with van der Waals surface area (Å²) < 4.78 is 0.803. The first kappa shape index (κ1) is 22.1. The number of carbonyl (C=O) groups is 1. The Morgan fingerprint density at radius 1 is 1.09 bits per heavy atom. The number of nitrogens with one attached hydrogen (secondary N) is 1. The lowest BCUT2D eigenvalue weighted by atomic mass is 9.97. The highest BCUT2D eigenvalue weighted by Gasteiger charge is 2.47. The number of aromatic amines is 1. The van der Waals surface area contributed by atoms with E-state index in [2.05, 4.69) is 55.2 Å². The smallest absolute Gasteiger partial charge is 0.268 e. The fourth-order valence-corrected chi connectivity index (χ4v) is 6.08. The number of hydrogen-bond donors (Lipinski definition) is 1. The molecule has 0 aliphatic carbocycles. The summed E-state index contributed by atoms with van der Waals surface area (Å²) in [6.45, 7) is 0.928. The monoisotopic (exact) mass is 554 g/mol. The van der Waals surface area contributed by atoms with Gasteiger partial charge < -0.3 is 4.98 Å². The van der Waals surface area contributed by atoms with E-state index in [9.17, 15) is 4.79 Å². The third kappa shape index (κ3) is 3.83. The Hall–Kier alpha value is -2.38. The minimum atomic E-state index is 0.0495. The molecule has 34 heavy (non-hydrogen) atoms. The van der Waals surface area contributed by atoms with Gasteiger partial charge in [-0.15, -0.1) is 0 Å². The minimum absolute atomic E-state index is 0.0495. The molecule has 2 aliphatic rings. The van der Waals surface area contributed by atoms with Crippen LogP contribution in [0.25, 0.3) is 22.4 Å². The standard InChI is InChI=1S/C26H21BrCl2N4O/c27-20-11-16(6-7-19(20)25-30-23-13-21(28)22(29)14-24(23)31-25)26(34)33-17-8-9-32(33)18(12-17)10-15-4-2-1-3-5-15/h1-7,11,13-14,17-18H,8-10,12H2,(H,30,31). The van der Waals surface area contributed by atoms with Crippen molar-refractivity contribution in [3.8, 4) is 11.4 Å². The maximum Gasteiger partial charge on any atom is 0.268 e. The summed E-state index contributed by atoms with van der Waals surface area (Å²) in [5, 5.41) is 5.20. The first-order chi connectivity index (χ1) is 16.5. The number of hydrazine groups is 1. The van der Waals surface area contributed by atoms with Crippen LogP contribution in [0.4, 0.5) is 0 Å². The van der Waals surface area contributed by atoms with Crippen LogP contribution in [0.15, 0.2) is 65.1 Å². The third-order valence-corrected chi connectivity index (χ3v) is 8.18. The lowest BCUT2D eigenvalue weighted by molar-refractivity contribution is 0.0197. The Kier molecular flexibility index (Phi) is 5.65. The predicted octanol–water partition coefficient (Wildman–Crippen LogP) is 6.75. The summed E-state index contributed by atoms with van der Waals surface area (Å²) in [5.74, 6) is 0.737. The first-order valence-corrected chi connectivity index (χ1v) is 12.8. The molecule has 2 saturated heterocycles. The molecule has 6 rings (SSSR count). The van der Waals surface area contributed by atoms with Crippen LogP contribution in [0.2, 0.25) is 10.0 Å². The van der Waals surface area contributed by atoms with Gasteiger partial charge >= 0.3 is 0 Å². The van der Waals surface area contributed by atoms with Crippen molar-refractivity contribution in [2.75, 3.05) is 6.54 Å².